The van der Waals surface area contributed by atoms with Crippen molar-refractivity contribution >= 4 is 0 Å². The van der Waals surface area contributed by atoms with Crippen molar-refractivity contribution in [2.75, 3.05) is 0 Å². The van der Waals surface area contributed by atoms with Crippen LogP contribution in [0.25, 0.3) is 11.1 Å². The molecule has 0 aromatic heterocycles. The van der Waals surface area contributed by atoms with Crippen molar-refractivity contribution in [3.8, 4) is 11.1 Å². The summed E-state index contributed by atoms with van der Waals surface area (Å²) in [5.41, 5.74) is 12.9. The number of hydrogen-bond acceptors (Lipinski definition) is 0. The molecule has 0 radical (unpaired) electrons. The van der Waals surface area contributed by atoms with E-state index >= 15 is 0 Å². The van der Waals surface area contributed by atoms with Crippen LogP contribution in [0.5, 0.6) is 0 Å². The second kappa shape index (κ2) is 9.15. The Labute approximate surface area is 202 Å². The summed E-state index contributed by atoms with van der Waals surface area (Å²) in [7, 11) is 0. The number of rotatable bonds is 6. The van der Waals surface area contributed by atoms with E-state index in [0.717, 1.165) is 19.3 Å². The smallest absolute Gasteiger partial charge is 0.0354 e. The minimum absolute atomic E-state index is 0.265. The zero-order chi connectivity index (χ0) is 22.7. The van der Waals surface area contributed by atoms with Crippen molar-refractivity contribution < 1.29 is 0 Å². The SMILES string of the molecule is C1=CCC(C(=C(Cc2ccccc2)Cc2ccccc2)C2c3ccccc3-c3ccccc32)=C1. The first-order valence-corrected chi connectivity index (χ1v) is 12.2. The average Bonchev–Trinajstić information content (AvgIpc) is 3.53. The molecule has 0 heterocycles. The summed E-state index contributed by atoms with van der Waals surface area (Å²) in [4.78, 5) is 0. The molecule has 2 aliphatic rings. The van der Waals surface area contributed by atoms with Crippen LogP contribution in [0.15, 0.2) is 144 Å². The second-order valence-corrected chi connectivity index (χ2v) is 9.27. The third kappa shape index (κ3) is 3.86. The normalized spacial score (nSPS) is 13.9. The second-order valence-electron chi connectivity index (χ2n) is 9.27. The minimum Gasteiger partial charge on any atom is -0.0801 e. The van der Waals surface area contributed by atoms with Crippen LogP contribution in [0, 0.1) is 0 Å². The number of allylic oxidation sites excluding steroid dienone is 6. The Balaban J connectivity index is 1.59. The van der Waals surface area contributed by atoms with E-state index in [1.807, 2.05) is 0 Å². The number of fused-ring (bicyclic) bond motifs is 3. The molecule has 4 aromatic carbocycles. The van der Waals surface area contributed by atoms with Crippen molar-refractivity contribution in [1.82, 2.24) is 0 Å². The molecule has 0 saturated carbocycles. The van der Waals surface area contributed by atoms with Gasteiger partial charge in [0.25, 0.3) is 0 Å². The largest absolute Gasteiger partial charge is 0.0801 e. The predicted molar refractivity (Wildman–Crippen MR) is 143 cm³/mol. The highest BCUT2D eigenvalue weighted by atomic mass is 14.4. The topological polar surface area (TPSA) is 0 Å². The van der Waals surface area contributed by atoms with E-state index in [9.17, 15) is 0 Å². The van der Waals surface area contributed by atoms with Gasteiger partial charge in [0.15, 0.2) is 0 Å². The molecule has 0 N–H and O–H groups in total. The molecule has 0 nitrogen and oxygen atoms in total. The van der Waals surface area contributed by atoms with Crippen LogP contribution >= 0.6 is 0 Å². The first-order valence-electron chi connectivity index (χ1n) is 12.2. The fourth-order valence-corrected chi connectivity index (χ4v) is 5.67. The standard InChI is InChI=1S/C34H28/c1-3-13-25(14-4-1)23-28(24-26-15-5-2-6-16-26)33(27-17-7-8-18-27)34-31-21-11-9-19-29(31)30-20-10-12-22-32(30)34/h1-17,19-22,34H,18,23-24H2. The van der Waals surface area contributed by atoms with Crippen LogP contribution in [0.3, 0.4) is 0 Å². The molecule has 0 heteroatoms. The van der Waals surface area contributed by atoms with E-state index in [4.69, 9.17) is 0 Å². The summed E-state index contributed by atoms with van der Waals surface area (Å²) in [6.07, 6.45) is 9.79. The summed E-state index contributed by atoms with van der Waals surface area (Å²) in [6, 6.07) is 39.9. The first kappa shape index (κ1) is 20.7. The third-order valence-corrected chi connectivity index (χ3v) is 7.14. The lowest BCUT2D eigenvalue weighted by molar-refractivity contribution is 0.897. The molecule has 164 valence electrons. The van der Waals surface area contributed by atoms with Crippen molar-refractivity contribution in [3.63, 3.8) is 0 Å². The monoisotopic (exact) mass is 436 g/mol. The molecule has 0 amide bonds. The van der Waals surface area contributed by atoms with Gasteiger partial charge in [-0.05, 0) is 63.8 Å². The van der Waals surface area contributed by atoms with Gasteiger partial charge in [-0.3, -0.25) is 0 Å². The molecule has 2 aliphatic carbocycles. The van der Waals surface area contributed by atoms with Gasteiger partial charge in [0.2, 0.25) is 0 Å². The molecule has 6 rings (SSSR count). The Morgan fingerprint density at radius 3 is 1.59 bits per heavy atom. The summed E-state index contributed by atoms with van der Waals surface area (Å²) in [5.74, 6) is 0.265. The molecule has 0 atom stereocenters. The maximum atomic E-state index is 2.34. The Morgan fingerprint density at radius 1 is 0.588 bits per heavy atom. The van der Waals surface area contributed by atoms with E-state index in [-0.39, 0.29) is 5.92 Å². The maximum absolute atomic E-state index is 2.34. The zero-order valence-corrected chi connectivity index (χ0v) is 19.3. The molecule has 34 heavy (non-hydrogen) atoms. The molecule has 0 spiro atoms. The van der Waals surface area contributed by atoms with Crippen LogP contribution in [-0.4, -0.2) is 0 Å². The fourth-order valence-electron chi connectivity index (χ4n) is 5.67. The highest BCUT2D eigenvalue weighted by Crippen LogP contribution is 2.51. The first-order chi connectivity index (χ1) is 16.9. The molecule has 4 aromatic rings. The Kier molecular flexibility index (Phi) is 5.57. The Hall–Kier alpha value is -3.90. The lowest BCUT2D eigenvalue weighted by Gasteiger charge is -2.25. The summed E-state index contributed by atoms with van der Waals surface area (Å²) in [5, 5.41) is 0. The van der Waals surface area contributed by atoms with Crippen LogP contribution in [0.2, 0.25) is 0 Å². The van der Waals surface area contributed by atoms with Gasteiger partial charge in [0.05, 0.1) is 0 Å². The maximum Gasteiger partial charge on any atom is 0.0354 e. The van der Waals surface area contributed by atoms with E-state index < -0.39 is 0 Å². The van der Waals surface area contributed by atoms with Gasteiger partial charge in [0.1, 0.15) is 0 Å². The van der Waals surface area contributed by atoms with Crippen molar-refractivity contribution in [1.29, 1.82) is 0 Å². The molecule has 0 fully saturated rings. The van der Waals surface area contributed by atoms with Crippen molar-refractivity contribution in [2.45, 2.75) is 25.2 Å². The number of benzene rings is 4. The van der Waals surface area contributed by atoms with E-state index in [0.29, 0.717) is 0 Å². The van der Waals surface area contributed by atoms with Gasteiger partial charge in [-0.2, -0.15) is 0 Å². The fraction of sp³-hybridized carbons (Fsp3) is 0.118. The van der Waals surface area contributed by atoms with E-state index in [1.165, 1.54) is 50.1 Å². The molecule has 0 saturated heterocycles. The van der Waals surface area contributed by atoms with Gasteiger partial charge in [-0.1, -0.05) is 133 Å². The lowest BCUT2D eigenvalue weighted by atomic mass is 9.78. The van der Waals surface area contributed by atoms with Crippen LogP contribution in [0.4, 0.5) is 0 Å². The molecule has 0 bridgehead atoms. The minimum atomic E-state index is 0.265. The lowest BCUT2D eigenvalue weighted by Crippen LogP contribution is -2.10. The molecule has 0 aliphatic heterocycles. The van der Waals surface area contributed by atoms with Crippen LogP contribution in [0.1, 0.15) is 34.6 Å². The highest BCUT2D eigenvalue weighted by Gasteiger charge is 2.33. The summed E-state index contributed by atoms with van der Waals surface area (Å²) in [6.45, 7) is 0. The van der Waals surface area contributed by atoms with Crippen LogP contribution < -0.4 is 0 Å². The van der Waals surface area contributed by atoms with Gasteiger partial charge >= 0.3 is 0 Å². The summed E-state index contributed by atoms with van der Waals surface area (Å²) < 4.78 is 0. The van der Waals surface area contributed by atoms with Gasteiger partial charge in [-0.15, -0.1) is 0 Å². The predicted octanol–water partition coefficient (Wildman–Crippen LogP) is 8.47. The molecule has 0 unspecified atom stereocenters. The Bertz CT molecular complexity index is 1310. The quantitative estimate of drug-likeness (QED) is 0.284. The van der Waals surface area contributed by atoms with Gasteiger partial charge in [-0.25, -0.2) is 0 Å². The highest BCUT2D eigenvalue weighted by molar-refractivity contribution is 5.81. The zero-order valence-electron chi connectivity index (χ0n) is 19.3. The van der Waals surface area contributed by atoms with E-state index in [1.54, 1.807) is 0 Å². The van der Waals surface area contributed by atoms with E-state index in [2.05, 4.69) is 127 Å². The van der Waals surface area contributed by atoms with Gasteiger partial charge < -0.3 is 0 Å². The average molecular weight is 437 g/mol. The summed E-state index contributed by atoms with van der Waals surface area (Å²) >= 11 is 0. The van der Waals surface area contributed by atoms with Crippen molar-refractivity contribution in [2.24, 2.45) is 0 Å². The number of hydrogen-bond donors (Lipinski definition) is 0. The van der Waals surface area contributed by atoms with Crippen LogP contribution in [-0.2, 0) is 12.8 Å². The Morgan fingerprint density at radius 2 is 1.09 bits per heavy atom. The van der Waals surface area contributed by atoms with Gasteiger partial charge in [0, 0.05) is 5.92 Å². The van der Waals surface area contributed by atoms with Crippen molar-refractivity contribution in [3.05, 3.63) is 166 Å². The third-order valence-electron chi connectivity index (χ3n) is 7.14. The molecular weight excluding hydrogens is 408 g/mol. The molecular formula is C34H28.